The van der Waals surface area contributed by atoms with Crippen LogP contribution in [0.15, 0.2) is 36.5 Å². The van der Waals surface area contributed by atoms with Crippen LogP contribution in [0.3, 0.4) is 0 Å². The van der Waals surface area contributed by atoms with E-state index in [9.17, 15) is 9.59 Å². The second-order valence-electron chi connectivity index (χ2n) is 5.47. The molecule has 0 bridgehead atoms. The van der Waals surface area contributed by atoms with Crippen molar-refractivity contribution in [2.45, 2.75) is 6.42 Å². The van der Waals surface area contributed by atoms with Gasteiger partial charge in [-0.25, -0.2) is 0 Å². The van der Waals surface area contributed by atoms with E-state index in [0.29, 0.717) is 18.5 Å². The number of benzene rings is 1. The van der Waals surface area contributed by atoms with Crippen LogP contribution in [0.2, 0.25) is 0 Å². The summed E-state index contributed by atoms with van der Waals surface area (Å²) in [5.41, 5.74) is 2.18. The average molecular weight is 299 g/mol. The van der Waals surface area contributed by atoms with Gasteiger partial charge >= 0.3 is 5.97 Å². The lowest BCUT2D eigenvalue weighted by Crippen LogP contribution is -2.30. The highest BCUT2D eigenvalue weighted by molar-refractivity contribution is 6.00. The molecule has 1 N–H and O–H groups in total. The molecule has 22 heavy (non-hydrogen) atoms. The maximum absolute atomic E-state index is 12.7. The van der Waals surface area contributed by atoms with Crippen LogP contribution in [0.1, 0.15) is 16.8 Å². The van der Waals surface area contributed by atoms with E-state index in [1.165, 1.54) is 0 Å². The van der Waals surface area contributed by atoms with E-state index in [1.807, 2.05) is 30.3 Å². The Labute approximate surface area is 128 Å². The van der Waals surface area contributed by atoms with Crippen LogP contribution in [0, 0.1) is 5.92 Å². The third-order valence-electron chi connectivity index (χ3n) is 4.04. The number of carbonyl (C=O) groups excluding carboxylic acids is 1. The van der Waals surface area contributed by atoms with Crippen LogP contribution < -0.4 is 0 Å². The molecule has 0 spiro atoms. The van der Waals surface area contributed by atoms with Gasteiger partial charge in [-0.05, 0) is 6.42 Å². The molecule has 6 heteroatoms. The van der Waals surface area contributed by atoms with Crippen molar-refractivity contribution < 1.29 is 14.7 Å². The maximum Gasteiger partial charge on any atom is 0.308 e. The molecule has 1 fully saturated rings. The van der Waals surface area contributed by atoms with Gasteiger partial charge in [0.15, 0.2) is 0 Å². The molecule has 6 nitrogen and oxygen atoms in total. The van der Waals surface area contributed by atoms with Crippen LogP contribution in [-0.4, -0.2) is 44.8 Å². The van der Waals surface area contributed by atoms with Gasteiger partial charge in [0.1, 0.15) is 0 Å². The van der Waals surface area contributed by atoms with Crippen molar-refractivity contribution in [3.05, 3.63) is 42.1 Å². The molecule has 1 atom stereocenters. The minimum atomic E-state index is -0.843. The van der Waals surface area contributed by atoms with Gasteiger partial charge in [-0.15, -0.1) is 0 Å². The van der Waals surface area contributed by atoms with Gasteiger partial charge in [0, 0.05) is 25.7 Å². The zero-order valence-corrected chi connectivity index (χ0v) is 12.3. The second-order valence-corrected chi connectivity index (χ2v) is 5.47. The molecule has 0 radical (unpaired) electrons. The summed E-state index contributed by atoms with van der Waals surface area (Å²) in [4.78, 5) is 25.3. The Morgan fingerprint density at radius 2 is 2.00 bits per heavy atom. The number of likely N-dealkylation sites (tertiary alicyclic amines) is 1. The first-order chi connectivity index (χ1) is 10.6. The van der Waals surface area contributed by atoms with E-state index in [4.69, 9.17) is 5.11 Å². The lowest BCUT2D eigenvalue weighted by molar-refractivity contribution is -0.141. The molecular formula is C16H17N3O3. The van der Waals surface area contributed by atoms with E-state index in [0.717, 1.165) is 11.3 Å². The number of nitrogens with zero attached hydrogens (tertiary/aromatic N) is 3. The standard InChI is InChI=1S/C16H17N3O3/c1-18-14(11-5-3-2-4-6-11)13(9-17-18)15(20)19-8-7-12(10-19)16(21)22/h2-6,9,12H,7-8,10H2,1H3,(H,21,22). The molecule has 2 heterocycles. The van der Waals surface area contributed by atoms with E-state index < -0.39 is 11.9 Å². The number of hydrogen-bond acceptors (Lipinski definition) is 3. The van der Waals surface area contributed by atoms with Crippen molar-refractivity contribution >= 4 is 11.9 Å². The largest absolute Gasteiger partial charge is 0.481 e. The minimum absolute atomic E-state index is 0.157. The number of aromatic nitrogens is 2. The first-order valence-corrected chi connectivity index (χ1v) is 7.17. The fraction of sp³-hybridized carbons (Fsp3) is 0.312. The summed E-state index contributed by atoms with van der Waals surface area (Å²) >= 11 is 0. The zero-order valence-electron chi connectivity index (χ0n) is 12.3. The Balaban J connectivity index is 1.90. The Morgan fingerprint density at radius 3 is 2.64 bits per heavy atom. The minimum Gasteiger partial charge on any atom is -0.481 e. The van der Waals surface area contributed by atoms with Crippen molar-refractivity contribution in [2.75, 3.05) is 13.1 Å². The highest BCUT2D eigenvalue weighted by Gasteiger charge is 2.33. The number of aliphatic carboxylic acids is 1. The lowest BCUT2D eigenvalue weighted by atomic mass is 10.1. The topological polar surface area (TPSA) is 75.4 Å². The van der Waals surface area contributed by atoms with Gasteiger partial charge in [0.2, 0.25) is 0 Å². The van der Waals surface area contributed by atoms with Gasteiger partial charge in [-0.2, -0.15) is 5.10 Å². The van der Waals surface area contributed by atoms with Crippen molar-refractivity contribution in [3.8, 4) is 11.3 Å². The molecular weight excluding hydrogens is 282 g/mol. The number of aryl methyl sites for hydroxylation is 1. The quantitative estimate of drug-likeness (QED) is 0.934. The Hall–Kier alpha value is -2.63. The SMILES string of the molecule is Cn1ncc(C(=O)N2CCC(C(=O)O)C2)c1-c1ccccc1. The van der Waals surface area contributed by atoms with Crippen LogP contribution in [0.25, 0.3) is 11.3 Å². The molecule has 1 unspecified atom stereocenters. The molecule has 0 aliphatic carbocycles. The van der Waals surface area contributed by atoms with Gasteiger partial charge < -0.3 is 10.0 Å². The van der Waals surface area contributed by atoms with Crippen LogP contribution in [-0.2, 0) is 11.8 Å². The summed E-state index contributed by atoms with van der Waals surface area (Å²) in [6.07, 6.45) is 2.06. The predicted octanol–water partition coefficient (Wildman–Crippen LogP) is 1.63. The molecule has 3 rings (SSSR count). The van der Waals surface area contributed by atoms with Crippen LogP contribution >= 0.6 is 0 Å². The number of hydrogen-bond donors (Lipinski definition) is 1. The summed E-state index contributed by atoms with van der Waals surface area (Å²) in [6, 6.07) is 9.59. The monoisotopic (exact) mass is 299 g/mol. The van der Waals surface area contributed by atoms with Crippen molar-refractivity contribution in [3.63, 3.8) is 0 Å². The molecule has 1 saturated heterocycles. The summed E-state index contributed by atoms with van der Waals surface area (Å²) in [5.74, 6) is -1.47. The number of carboxylic acid groups (broad SMARTS) is 1. The average Bonchev–Trinajstić information content (AvgIpc) is 3.14. The van der Waals surface area contributed by atoms with E-state index in [1.54, 1.807) is 22.8 Å². The Bertz CT molecular complexity index is 709. The second kappa shape index (κ2) is 5.63. The maximum atomic E-state index is 12.7. The van der Waals surface area contributed by atoms with Crippen LogP contribution in [0.4, 0.5) is 0 Å². The molecule has 1 amide bonds. The zero-order chi connectivity index (χ0) is 15.7. The highest BCUT2D eigenvalue weighted by atomic mass is 16.4. The fourth-order valence-electron chi connectivity index (χ4n) is 2.85. The van der Waals surface area contributed by atoms with Crippen molar-refractivity contribution in [1.29, 1.82) is 0 Å². The molecule has 1 aliphatic heterocycles. The lowest BCUT2D eigenvalue weighted by Gasteiger charge is -2.16. The van der Waals surface area contributed by atoms with Crippen molar-refractivity contribution in [1.82, 2.24) is 14.7 Å². The summed E-state index contributed by atoms with van der Waals surface area (Å²) < 4.78 is 1.67. The molecule has 0 saturated carbocycles. The summed E-state index contributed by atoms with van der Waals surface area (Å²) in [5, 5.41) is 13.3. The summed E-state index contributed by atoms with van der Waals surface area (Å²) in [7, 11) is 1.79. The first kappa shape index (κ1) is 14.3. The fourth-order valence-corrected chi connectivity index (χ4v) is 2.85. The molecule has 2 aromatic rings. The number of carbonyl (C=O) groups is 2. The van der Waals surface area contributed by atoms with Gasteiger partial charge in [0.25, 0.3) is 5.91 Å². The highest BCUT2D eigenvalue weighted by Crippen LogP contribution is 2.26. The predicted molar refractivity (Wildman–Crippen MR) is 80.3 cm³/mol. The smallest absolute Gasteiger partial charge is 0.308 e. The van der Waals surface area contributed by atoms with Gasteiger partial charge in [0.05, 0.1) is 23.4 Å². The van der Waals surface area contributed by atoms with E-state index >= 15 is 0 Å². The number of rotatable bonds is 3. The summed E-state index contributed by atoms with van der Waals surface area (Å²) in [6.45, 7) is 0.732. The first-order valence-electron chi connectivity index (χ1n) is 7.17. The molecule has 1 aliphatic rings. The third kappa shape index (κ3) is 2.47. The molecule has 1 aromatic carbocycles. The Morgan fingerprint density at radius 1 is 1.27 bits per heavy atom. The van der Waals surface area contributed by atoms with E-state index in [-0.39, 0.29) is 12.5 Å². The van der Waals surface area contributed by atoms with E-state index in [2.05, 4.69) is 5.10 Å². The van der Waals surface area contributed by atoms with Crippen LogP contribution in [0.5, 0.6) is 0 Å². The van der Waals surface area contributed by atoms with Crippen molar-refractivity contribution in [2.24, 2.45) is 13.0 Å². The number of amides is 1. The Kier molecular flexibility index (Phi) is 3.66. The molecule has 114 valence electrons. The normalized spacial score (nSPS) is 17.7. The van der Waals surface area contributed by atoms with Gasteiger partial charge in [-0.1, -0.05) is 30.3 Å². The number of carboxylic acids is 1. The molecule has 1 aromatic heterocycles. The third-order valence-corrected chi connectivity index (χ3v) is 4.04. The van der Waals surface area contributed by atoms with Gasteiger partial charge in [-0.3, -0.25) is 14.3 Å².